The van der Waals surface area contributed by atoms with Gasteiger partial charge < -0.3 is 0 Å². The molecule has 5 heteroatoms. The second kappa shape index (κ2) is 5.69. The largest absolute Gasteiger partial charge is 0.281 e. The van der Waals surface area contributed by atoms with Gasteiger partial charge in [0.25, 0.3) is 0 Å². The van der Waals surface area contributed by atoms with Crippen molar-refractivity contribution in [1.82, 2.24) is 15.2 Å². The van der Waals surface area contributed by atoms with Crippen molar-refractivity contribution in [2.24, 2.45) is 4.99 Å². The van der Waals surface area contributed by atoms with Gasteiger partial charge in [0.05, 0.1) is 17.1 Å². The van der Waals surface area contributed by atoms with Gasteiger partial charge in [-0.15, -0.1) is 11.8 Å². The Morgan fingerprint density at radius 1 is 1.09 bits per heavy atom. The number of fused-ring (bicyclic) bond motifs is 1. The van der Waals surface area contributed by atoms with E-state index >= 15 is 0 Å². The van der Waals surface area contributed by atoms with Crippen LogP contribution >= 0.6 is 11.8 Å². The maximum absolute atomic E-state index is 4.44. The minimum atomic E-state index is 0.811. The van der Waals surface area contributed by atoms with E-state index in [0.717, 1.165) is 33.6 Å². The first-order valence-corrected chi connectivity index (χ1v) is 7.90. The number of pyridine rings is 1. The van der Waals surface area contributed by atoms with Crippen molar-refractivity contribution in [1.29, 1.82) is 0 Å². The molecule has 0 spiro atoms. The molecule has 0 saturated carbocycles. The number of allylic oxidation sites excluding steroid dienone is 1. The molecule has 1 aliphatic heterocycles. The first-order valence-electron chi connectivity index (χ1n) is 6.91. The molecule has 0 unspecified atom stereocenters. The van der Waals surface area contributed by atoms with E-state index < -0.39 is 0 Å². The van der Waals surface area contributed by atoms with E-state index in [1.807, 2.05) is 36.7 Å². The molecule has 0 saturated heterocycles. The molecule has 0 N–H and O–H groups in total. The minimum Gasteiger partial charge on any atom is -0.281 e. The lowest BCUT2D eigenvalue weighted by Crippen LogP contribution is -1.89. The third-order valence-electron chi connectivity index (χ3n) is 3.45. The number of nitrogens with zero attached hydrogens (tertiary/aromatic N) is 4. The summed E-state index contributed by atoms with van der Waals surface area (Å²) in [7, 11) is 0. The SMILES string of the molecule is C1=NCSC1=Cc1ccc2nccc(-c3cccnn3)c2c1. The number of aromatic nitrogens is 3. The first kappa shape index (κ1) is 13.2. The summed E-state index contributed by atoms with van der Waals surface area (Å²) in [6.45, 7) is 0. The highest BCUT2D eigenvalue weighted by Gasteiger charge is 2.07. The van der Waals surface area contributed by atoms with Gasteiger partial charge in [0.2, 0.25) is 0 Å². The molecule has 4 rings (SSSR count). The predicted molar refractivity (Wildman–Crippen MR) is 91.7 cm³/mol. The average Bonchev–Trinajstić information content (AvgIpc) is 3.08. The molecule has 0 bridgehead atoms. The maximum atomic E-state index is 4.44. The molecule has 1 aromatic carbocycles. The van der Waals surface area contributed by atoms with Crippen molar-refractivity contribution in [2.45, 2.75) is 0 Å². The molecule has 22 heavy (non-hydrogen) atoms. The van der Waals surface area contributed by atoms with Gasteiger partial charge in [-0.05, 0) is 42.0 Å². The van der Waals surface area contributed by atoms with E-state index in [0.29, 0.717) is 0 Å². The quantitative estimate of drug-likeness (QED) is 0.722. The second-order valence-electron chi connectivity index (χ2n) is 4.88. The second-order valence-corrected chi connectivity index (χ2v) is 5.89. The number of hydrogen-bond acceptors (Lipinski definition) is 5. The normalized spacial score (nSPS) is 15.7. The van der Waals surface area contributed by atoms with Crippen molar-refractivity contribution in [3.63, 3.8) is 0 Å². The molecule has 3 heterocycles. The van der Waals surface area contributed by atoms with E-state index in [9.17, 15) is 0 Å². The van der Waals surface area contributed by atoms with Crippen LogP contribution in [0.4, 0.5) is 0 Å². The van der Waals surface area contributed by atoms with Crippen LogP contribution in [0.3, 0.4) is 0 Å². The molecule has 0 amide bonds. The van der Waals surface area contributed by atoms with Gasteiger partial charge in [-0.25, -0.2) is 0 Å². The highest BCUT2D eigenvalue weighted by atomic mass is 32.2. The zero-order chi connectivity index (χ0) is 14.8. The number of benzene rings is 1. The lowest BCUT2D eigenvalue weighted by molar-refractivity contribution is 1.04. The molecule has 106 valence electrons. The van der Waals surface area contributed by atoms with Gasteiger partial charge in [0.1, 0.15) is 0 Å². The van der Waals surface area contributed by atoms with Gasteiger partial charge in [0.15, 0.2) is 0 Å². The summed E-state index contributed by atoms with van der Waals surface area (Å²) in [5, 5.41) is 9.26. The van der Waals surface area contributed by atoms with E-state index in [2.05, 4.69) is 38.4 Å². The summed E-state index contributed by atoms with van der Waals surface area (Å²) in [5.74, 6) is 0.811. The Morgan fingerprint density at radius 3 is 2.91 bits per heavy atom. The van der Waals surface area contributed by atoms with Crippen molar-refractivity contribution < 1.29 is 0 Å². The van der Waals surface area contributed by atoms with E-state index in [4.69, 9.17) is 0 Å². The molecule has 1 aliphatic rings. The Balaban J connectivity index is 1.87. The predicted octanol–water partition coefficient (Wildman–Crippen LogP) is 3.81. The van der Waals surface area contributed by atoms with Crippen molar-refractivity contribution in [2.75, 3.05) is 5.88 Å². The Kier molecular flexibility index (Phi) is 3.40. The fourth-order valence-electron chi connectivity index (χ4n) is 2.44. The molecule has 2 aromatic heterocycles. The molecule has 0 atom stereocenters. The van der Waals surface area contributed by atoms with Crippen LogP contribution in [0.25, 0.3) is 28.2 Å². The zero-order valence-corrected chi connectivity index (χ0v) is 12.5. The third-order valence-corrected chi connectivity index (χ3v) is 4.28. The van der Waals surface area contributed by atoms with E-state index in [1.54, 1.807) is 18.0 Å². The Hall–Kier alpha value is -2.53. The van der Waals surface area contributed by atoms with E-state index in [1.165, 1.54) is 4.91 Å². The molecule has 0 fully saturated rings. The van der Waals surface area contributed by atoms with Crippen LogP contribution in [0.1, 0.15) is 5.56 Å². The minimum absolute atomic E-state index is 0.811. The number of thioether (sulfide) groups is 1. The van der Waals surface area contributed by atoms with Gasteiger partial charge in [-0.1, -0.05) is 6.07 Å². The number of aliphatic imine (C=N–C) groups is 1. The van der Waals surface area contributed by atoms with Crippen LogP contribution < -0.4 is 0 Å². The highest BCUT2D eigenvalue weighted by molar-refractivity contribution is 8.04. The monoisotopic (exact) mass is 304 g/mol. The fraction of sp³-hybridized carbons (Fsp3) is 0.0588. The molecule has 0 aliphatic carbocycles. The lowest BCUT2D eigenvalue weighted by Gasteiger charge is -2.06. The van der Waals surface area contributed by atoms with Crippen LogP contribution in [-0.2, 0) is 0 Å². The Labute approximate surface area is 132 Å². The summed E-state index contributed by atoms with van der Waals surface area (Å²) in [5.41, 5.74) is 4.00. The standard InChI is InChI=1S/C17H12N4S/c1-2-17(21-20-6-1)14-5-7-19-16-4-3-12(9-15(14)16)8-13-10-18-11-22-13/h1-10H,11H2. The van der Waals surface area contributed by atoms with Gasteiger partial charge in [-0.2, -0.15) is 10.2 Å². The summed E-state index contributed by atoms with van der Waals surface area (Å²) in [6, 6.07) is 12.1. The third kappa shape index (κ3) is 2.51. The van der Waals surface area contributed by atoms with Crippen molar-refractivity contribution in [3.05, 3.63) is 59.3 Å². The van der Waals surface area contributed by atoms with Crippen molar-refractivity contribution in [3.8, 4) is 11.3 Å². The van der Waals surface area contributed by atoms with Crippen LogP contribution in [0.5, 0.6) is 0 Å². The van der Waals surface area contributed by atoms with E-state index in [-0.39, 0.29) is 0 Å². The summed E-state index contributed by atoms with van der Waals surface area (Å²) in [6.07, 6.45) is 7.55. The molecule has 4 nitrogen and oxygen atoms in total. The van der Waals surface area contributed by atoms with Crippen LogP contribution in [0.15, 0.2) is 58.7 Å². The number of rotatable bonds is 2. The lowest BCUT2D eigenvalue weighted by atomic mass is 10.0. The summed E-state index contributed by atoms with van der Waals surface area (Å²) < 4.78 is 0. The van der Waals surface area contributed by atoms with Gasteiger partial charge in [0, 0.05) is 34.5 Å². The maximum Gasteiger partial charge on any atom is 0.0937 e. The first-order chi connectivity index (χ1) is 10.9. The highest BCUT2D eigenvalue weighted by Crippen LogP contribution is 2.28. The topological polar surface area (TPSA) is 51.0 Å². The molecular formula is C17H12N4S. The zero-order valence-electron chi connectivity index (χ0n) is 11.7. The van der Waals surface area contributed by atoms with Crippen LogP contribution in [0, 0.1) is 0 Å². The average molecular weight is 304 g/mol. The van der Waals surface area contributed by atoms with Gasteiger partial charge in [-0.3, -0.25) is 9.98 Å². The number of hydrogen-bond donors (Lipinski definition) is 0. The summed E-state index contributed by atoms with van der Waals surface area (Å²) >= 11 is 1.74. The Bertz CT molecular complexity index is 888. The summed E-state index contributed by atoms with van der Waals surface area (Å²) in [4.78, 5) is 9.85. The molecule has 3 aromatic rings. The smallest absolute Gasteiger partial charge is 0.0937 e. The van der Waals surface area contributed by atoms with Crippen LogP contribution in [-0.4, -0.2) is 27.3 Å². The van der Waals surface area contributed by atoms with Crippen LogP contribution in [0.2, 0.25) is 0 Å². The van der Waals surface area contributed by atoms with Crippen molar-refractivity contribution >= 4 is 35.0 Å². The fourth-order valence-corrected chi connectivity index (χ4v) is 3.11. The van der Waals surface area contributed by atoms with Gasteiger partial charge >= 0.3 is 0 Å². The molecule has 0 radical (unpaired) electrons. The Morgan fingerprint density at radius 2 is 2.09 bits per heavy atom. The molecular weight excluding hydrogens is 292 g/mol.